The molecule has 8 heteroatoms. The maximum Gasteiger partial charge on any atom is 0.282 e. The molecule has 1 amide bonds. The van der Waals surface area contributed by atoms with Crippen LogP contribution in [0, 0.1) is 0 Å². The molecule has 0 unspecified atom stereocenters. The van der Waals surface area contributed by atoms with Crippen LogP contribution in [0.4, 0.5) is 11.4 Å². The van der Waals surface area contributed by atoms with Gasteiger partial charge in [-0.25, -0.2) is 0 Å². The standard InChI is InChI=1S/C20H22Cl3N3O2/c1-13(20(27)24-19-12-17(22)16(21)11-18(19)23)25-7-9-26(10-8-25)14-3-5-15(28-2)6-4-14/h3-6,11-13H,7-10H2,1-2H3,(H,24,27)/p+1/t13-/m1/s1. The Kier molecular flexibility index (Phi) is 6.94. The second-order valence-electron chi connectivity index (χ2n) is 6.80. The number of ether oxygens (including phenoxy) is 1. The minimum absolute atomic E-state index is 0.0896. The van der Waals surface area contributed by atoms with E-state index >= 15 is 0 Å². The van der Waals surface area contributed by atoms with Crippen LogP contribution in [0.15, 0.2) is 36.4 Å². The summed E-state index contributed by atoms with van der Waals surface area (Å²) in [5.74, 6) is 0.757. The van der Waals surface area contributed by atoms with Crippen molar-refractivity contribution in [2.45, 2.75) is 13.0 Å². The zero-order valence-electron chi connectivity index (χ0n) is 15.8. The van der Waals surface area contributed by atoms with Crippen LogP contribution < -0.4 is 19.9 Å². The fourth-order valence-corrected chi connectivity index (χ4v) is 3.92. The van der Waals surface area contributed by atoms with E-state index < -0.39 is 0 Å². The molecule has 28 heavy (non-hydrogen) atoms. The average molecular weight is 444 g/mol. The molecule has 5 nitrogen and oxygen atoms in total. The first kappa shape index (κ1) is 21.1. The quantitative estimate of drug-likeness (QED) is 0.696. The molecular formula is C20H23Cl3N3O2+. The van der Waals surface area contributed by atoms with Crippen molar-refractivity contribution in [3.8, 4) is 5.75 Å². The second-order valence-corrected chi connectivity index (χ2v) is 8.02. The second kappa shape index (κ2) is 9.23. The lowest BCUT2D eigenvalue weighted by atomic mass is 10.2. The number of nitrogens with zero attached hydrogens (tertiary/aromatic N) is 1. The molecule has 0 bridgehead atoms. The molecule has 1 fully saturated rings. The third-order valence-electron chi connectivity index (χ3n) is 5.12. The summed E-state index contributed by atoms with van der Waals surface area (Å²) in [6, 6.07) is 11.0. The van der Waals surface area contributed by atoms with Crippen molar-refractivity contribution in [2.24, 2.45) is 0 Å². The first-order chi connectivity index (χ1) is 13.4. The summed E-state index contributed by atoms with van der Waals surface area (Å²) in [5, 5.41) is 3.95. The van der Waals surface area contributed by atoms with Crippen molar-refractivity contribution in [1.29, 1.82) is 0 Å². The Balaban J connectivity index is 1.57. The summed E-state index contributed by atoms with van der Waals surface area (Å²) < 4.78 is 5.21. The van der Waals surface area contributed by atoms with E-state index in [0.29, 0.717) is 20.8 Å². The van der Waals surface area contributed by atoms with Gasteiger partial charge in [-0.1, -0.05) is 34.8 Å². The van der Waals surface area contributed by atoms with Crippen LogP contribution in [0.1, 0.15) is 6.92 Å². The largest absolute Gasteiger partial charge is 0.497 e. The SMILES string of the molecule is COc1ccc(N2CC[NH+]([C@H](C)C(=O)Nc3cc(Cl)c(Cl)cc3Cl)CC2)cc1. The minimum Gasteiger partial charge on any atom is -0.497 e. The summed E-state index contributed by atoms with van der Waals surface area (Å²) in [7, 11) is 1.66. The predicted octanol–water partition coefficient (Wildman–Crippen LogP) is 3.39. The molecule has 1 atom stereocenters. The van der Waals surface area contributed by atoms with Crippen molar-refractivity contribution in [1.82, 2.24) is 0 Å². The summed E-state index contributed by atoms with van der Waals surface area (Å²) >= 11 is 18.1. The van der Waals surface area contributed by atoms with E-state index in [1.807, 2.05) is 19.1 Å². The van der Waals surface area contributed by atoms with E-state index in [9.17, 15) is 4.79 Å². The number of piperazine rings is 1. The average Bonchev–Trinajstić information content (AvgIpc) is 2.71. The molecular weight excluding hydrogens is 421 g/mol. The molecule has 1 aliphatic rings. The minimum atomic E-state index is -0.205. The van der Waals surface area contributed by atoms with E-state index in [-0.39, 0.29) is 11.9 Å². The van der Waals surface area contributed by atoms with Gasteiger partial charge in [0, 0.05) is 5.69 Å². The van der Waals surface area contributed by atoms with Crippen molar-refractivity contribution < 1.29 is 14.4 Å². The van der Waals surface area contributed by atoms with E-state index in [1.165, 1.54) is 16.7 Å². The first-order valence-electron chi connectivity index (χ1n) is 9.08. The number of hydrogen-bond donors (Lipinski definition) is 2. The lowest BCUT2D eigenvalue weighted by Crippen LogP contribution is -3.19. The van der Waals surface area contributed by atoms with Crippen molar-refractivity contribution in [2.75, 3.05) is 43.5 Å². The molecule has 0 aromatic heterocycles. The van der Waals surface area contributed by atoms with Gasteiger partial charge in [0.2, 0.25) is 0 Å². The van der Waals surface area contributed by atoms with Crippen LogP contribution in [0.3, 0.4) is 0 Å². The van der Waals surface area contributed by atoms with Crippen molar-refractivity contribution in [3.63, 3.8) is 0 Å². The van der Waals surface area contributed by atoms with Gasteiger partial charge in [0.25, 0.3) is 5.91 Å². The molecule has 1 aliphatic heterocycles. The van der Waals surface area contributed by atoms with Gasteiger partial charge in [0.1, 0.15) is 5.75 Å². The number of anilines is 2. The number of methoxy groups -OCH3 is 1. The molecule has 2 N–H and O–H groups in total. The predicted molar refractivity (Wildman–Crippen MR) is 115 cm³/mol. The van der Waals surface area contributed by atoms with Crippen LogP contribution in [-0.2, 0) is 4.79 Å². The maximum atomic E-state index is 12.7. The summed E-state index contributed by atoms with van der Waals surface area (Å²) in [6.07, 6.45) is 0. The van der Waals surface area contributed by atoms with E-state index in [0.717, 1.165) is 31.9 Å². The van der Waals surface area contributed by atoms with Gasteiger partial charge in [-0.3, -0.25) is 4.79 Å². The Morgan fingerprint density at radius 3 is 2.29 bits per heavy atom. The molecule has 0 radical (unpaired) electrons. The smallest absolute Gasteiger partial charge is 0.282 e. The van der Waals surface area contributed by atoms with E-state index in [2.05, 4.69) is 22.3 Å². The number of rotatable bonds is 5. The number of amides is 1. The zero-order chi connectivity index (χ0) is 20.3. The van der Waals surface area contributed by atoms with Crippen LogP contribution in [-0.4, -0.2) is 45.2 Å². The lowest BCUT2D eigenvalue weighted by Gasteiger charge is -2.36. The Labute approximate surface area is 180 Å². The molecule has 0 saturated carbocycles. The Bertz CT molecular complexity index is 837. The summed E-state index contributed by atoms with van der Waals surface area (Å²) in [6.45, 7) is 5.43. The van der Waals surface area contributed by atoms with E-state index in [1.54, 1.807) is 13.2 Å². The van der Waals surface area contributed by atoms with Gasteiger partial charge in [0.05, 0.1) is 54.0 Å². The highest BCUT2D eigenvalue weighted by Gasteiger charge is 2.29. The summed E-state index contributed by atoms with van der Waals surface area (Å²) in [5.41, 5.74) is 1.64. The highest BCUT2D eigenvalue weighted by Crippen LogP contribution is 2.32. The number of benzene rings is 2. The molecule has 2 aromatic rings. The highest BCUT2D eigenvalue weighted by atomic mass is 35.5. The molecule has 150 valence electrons. The third-order valence-corrected chi connectivity index (χ3v) is 6.15. The molecule has 3 rings (SSSR count). The monoisotopic (exact) mass is 442 g/mol. The molecule has 1 saturated heterocycles. The first-order valence-corrected chi connectivity index (χ1v) is 10.2. The fourth-order valence-electron chi connectivity index (χ4n) is 3.32. The van der Waals surface area contributed by atoms with Crippen LogP contribution >= 0.6 is 34.8 Å². The van der Waals surface area contributed by atoms with E-state index in [4.69, 9.17) is 39.5 Å². The number of carbonyl (C=O) groups excluding carboxylic acids is 1. The number of carbonyl (C=O) groups is 1. The van der Waals surface area contributed by atoms with Gasteiger partial charge >= 0.3 is 0 Å². The van der Waals surface area contributed by atoms with Crippen LogP contribution in [0.25, 0.3) is 0 Å². The lowest BCUT2D eigenvalue weighted by molar-refractivity contribution is -0.914. The Morgan fingerprint density at radius 1 is 1.07 bits per heavy atom. The highest BCUT2D eigenvalue weighted by molar-refractivity contribution is 6.44. The van der Waals surface area contributed by atoms with Gasteiger partial charge in [-0.2, -0.15) is 0 Å². The topological polar surface area (TPSA) is 46.0 Å². The third kappa shape index (κ3) is 4.84. The normalized spacial score (nSPS) is 16.0. The molecule has 0 spiro atoms. The van der Waals surface area contributed by atoms with Gasteiger partial charge in [-0.05, 0) is 43.3 Å². The van der Waals surface area contributed by atoms with Gasteiger partial charge in [-0.15, -0.1) is 0 Å². The van der Waals surface area contributed by atoms with Crippen molar-refractivity contribution >= 4 is 52.1 Å². The van der Waals surface area contributed by atoms with Crippen LogP contribution in [0.2, 0.25) is 15.1 Å². The number of halogens is 3. The fraction of sp³-hybridized carbons (Fsp3) is 0.350. The number of quaternary nitrogens is 1. The molecule has 1 heterocycles. The number of hydrogen-bond acceptors (Lipinski definition) is 3. The summed E-state index contributed by atoms with van der Waals surface area (Å²) in [4.78, 5) is 16.2. The number of nitrogens with one attached hydrogen (secondary N) is 2. The van der Waals surface area contributed by atoms with Crippen molar-refractivity contribution in [3.05, 3.63) is 51.5 Å². The molecule has 0 aliphatic carbocycles. The molecule has 2 aromatic carbocycles. The zero-order valence-corrected chi connectivity index (χ0v) is 18.0. The Hall–Kier alpha value is -1.66. The Morgan fingerprint density at radius 2 is 1.68 bits per heavy atom. The van der Waals surface area contributed by atoms with Gasteiger partial charge in [0.15, 0.2) is 6.04 Å². The maximum absolute atomic E-state index is 12.7. The van der Waals surface area contributed by atoms with Gasteiger partial charge < -0.3 is 19.9 Å². The van der Waals surface area contributed by atoms with Crippen LogP contribution in [0.5, 0.6) is 5.75 Å².